The molecule has 0 fully saturated rings. The summed E-state index contributed by atoms with van der Waals surface area (Å²) in [7, 11) is 0. The maximum Gasteiger partial charge on any atom is 0.422 e. The smallest absolute Gasteiger partial charge is 0.422 e. The predicted octanol–water partition coefficient (Wildman–Crippen LogP) is 2.05. The van der Waals surface area contributed by atoms with E-state index in [1.54, 1.807) is 0 Å². The third kappa shape index (κ3) is 6.00. The first-order valence-corrected chi connectivity index (χ1v) is 5.71. The minimum atomic E-state index is -4.43. The van der Waals surface area contributed by atoms with E-state index in [0.29, 0.717) is 5.69 Å². The van der Waals surface area contributed by atoms with Crippen LogP contribution in [-0.4, -0.2) is 42.3 Å². The molecular weight excluding hydrogens is 287 g/mol. The van der Waals surface area contributed by atoms with Gasteiger partial charge in [-0.15, -0.1) is 0 Å². The van der Waals surface area contributed by atoms with Crippen LogP contribution in [0.25, 0.3) is 0 Å². The second-order valence-electron chi connectivity index (χ2n) is 3.77. The number of alkyl halides is 3. The standard InChI is InChI=1S/C11H13ClF3NO3/c12-9-3-7(16-4-8(18)5-17)1-2-10(9)19-6-11(13,14)15/h1-3,8,16-18H,4-6H2. The van der Waals surface area contributed by atoms with Crippen molar-refractivity contribution in [1.29, 1.82) is 0 Å². The molecule has 1 unspecified atom stereocenters. The Morgan fingerprint density at radius 1 is 1.37 bits per heavy atom. The van der Waals surface area contributed by atoms with Crippen molar-refractivity contribution >= 4 is 17.3 Å². The summed E-state index contributed by atoms with van der Waals surface area (Å²) in [5.74, 6) is -0.0766. The molecule has 0 aliphatic rings. The lowest BCUT2D eigenvalue weighted by Gasteiger charge is -2.13. The number of hydrogen-bond acceptors (Lipinski definition) is 4. The molecule has 108 valence electrons. The molecule has 0 radical (unpaired) electrons. The van der Waals surface area contributed by atoms with Crippen LogP contribution in [0, 0.1) is 0 Å². The maximum absolute atomic E-state index is 12.0. The summed E-state index contributed by atoms with van der Waals surface area (Å²) < 4.78 is 40.4. The summed E-state index contributed by atoms with van der Waals surface area (Å²) in [6, 6.07) is 4.13. The summed E-state index contributed by atoms with van der Waals surface area (Å²) in [5, 5.41) is 20.5. The van der Waals surface area contributed by atoms with Crippen molar-refractivity contribution in [3.05, 3.63) is 23.2 Å². The molecule has 1 aromatic carbocycles. The highest BCUT2D eigenvalue weighted by molar-refractivity contribution is 6.32. The molecule has 0 aliphatic heterocycles. The lowest BCUT2D eigenvalue weighted by atomic mass is 10.3. The van der Waals surface area contributed by atoms with E-state index in [1.807, 2.05) is 0 Å². The first-order chi connectivity index (χ1) is 8.81. The number of rotatable bonds is 6. The third-order valence-corrected chi connectivity index (χ3v) is 2.37. The van der Waals surface area contributed by atoms with Gasteiger partial charge in [-0.3, -0.25) is 0 Å². The van der Waals surface area contributed by atoms with Gasteiger partial charge in [0.25, 0.3) is 0 Å². The molecular formula is C11H13ClF3NO3. The van der Waals surface area contributed by atoms with Gasteiger partial charge in [0, 0.05) is 12.2 Å². The molecule has 19 heavy (non-hydrogen) atoms. The molecule has 3 N–H and O–H groups in total. The minimum Gasteiger partial charge on any atom is -0.483 e. The number of ether oxygens (including phenoxy) is 1. The fraction of sp³-hybridized carbons (Fsp3) is 0.455. The van der Waals surface area contributed by atoms with Crippen LogP contribution in [0.2, 0.25) is 5.02 Å². The van der Waals surface area contributed by atoms with Gasteiger partial charge in [0.2, 0.25) is 0 Å². The van der Waals surface area contributed by atoms with Gasteiger partial charge in [0.05, 0.1) is 17.7 Å². The highest BCUT2D eigenvalue weighted by atomic mass is 35.5. The van der Waals surface area contributed by atoms with Crippen LogP contribution in [-0.2, 0) is 0 Å². The zero-order valence-electron chi connectivity index (χ0n) is 9.75. The number of anilines is 1. The van der Waals surface area contributed by atoms with E-state index >= 15 is 0 Å². The second kappa shape index (κ2) is 6.83. The van der Waals surface area contributed by atoms with Gasteiger partial charge in [0.15, 0.2) is 6.61 Å². The van der Waals surface area contributed by atoms with Crippen LogP contribution in [0.5, 0.6) is 5.75 Å². The van der Waals surface area contributed by atoms with Crippen LogP contribution in [0.3, 0.4) is 0 Å². The van der Waals surface area contributed by atoms with Crippen LogP contribution in [0.4, 0.5) is 18.9 Å². The number of aliphatic hydroxyl groups is 2. The summed E-state index contributed by atoms with van der Waals surface area (Å²) in [5.41, 5.74) is 0.497. The molecule has 0 bridgehead atoms. The van der Waals surface area contributed by atoms with Gasteiger partial charge < -0.3 is 20.3 Å². The quantitative estimate of drug-likeness (QED) is 0.752. The summed E-state index contributed by atoms with van der Waals surface area (Å²) in [6.45, 7) is -1.72. The molecule has 0 saturated carbocycles. The molecule has 0 heterocycles. The number of benzene rings is 1. The first kappa shape index (κ1) is 15.9. The minimum absolute atomic E-state index is 0.0211. The zero-order chi connectivity index (χ0) is 14.5. The predicted molar refractivity (Wildman–Crippen MR) is 64.6 cm³/mol. The Balaban J connectivity index is 2.59. The highest BCUT2D eigenvalue weighted by Crippen LogP contribution is 2.29. The summed E-state index contributed by atoms with van der Waals surface area (Å²) in [4.78, 5) is 0. The van der Waals surface area contributed by atoms with Gasteiger partial charge in [-0.2, -0.15) is 13.2 Å². The zero-order valence-corrected chi connectivity index (χ0v) is 10.5. The molecule has 1 aromatic rings. The number of aliphatic hydroxyl groups excluding tert-OH is 2. The normalized spacial score (nSPS) is 13.2. The highest BCUT2D eigenvalue weighted by Gasteiger charge is 2.28. The fourth-order valence-electron chi connectivity index (χ4n) is 1.19. The second-order valence-corrected chi connectivity index (χ2v) is 4.17. The van der Waals surface area contributed by atoms with E-state index in [-0.39, 0.29) is 17.3 Å². The lowest BCUT2D eigenvalue weighted by Crippen LogP contribution is -2.23. The molecule has 1 rings (SSSR count). The molecule has 0 amide bonds. The van der Waals surface area contributed by atoms with Gasteiger partial charge in [-0.1, -0.05) is 11.6 Å². The molecule has 8 heteroatoms. The summed E-state index contributed by atoms with van der Waals surface area (Å²) >= 11 is 5.76. The van der Waals surface area contributed by atoms with Crippen LogP contribution in [0.15, 0.2) is 18.2 Å². The average molecular weight is 300 g/mol. The monoisotopic (exact) mass is 299 g/mol. The molecule has 1 atom stereocenters. The summed E-state index contributed by atoms with van der Waals surface area (Å²) in [6.07, 6.45) is -5.36. The van der Waals surface area contributed by atoms with Crippen LogP contribution in [0.1, 0.15) is 0 Å². The van der Waals surface area contributed by atoms with Gasteiger partial charge in [-0.25, -0.2) is 0 Å². The van der Waals surface area contributed by atoms with E-state index in [0.717, 1.165) is 0 Å². The van der Waals surface area contributed by atoms with Crippen molar-refractivity contribution in [2.75, 3.05) is 25.1 Å². The van der Waals surface area contributed by atoms with Crippen molar-refractivity contribution < 1.29 is 28.1 Å². The van der Waals surface area contributed by atoms with Crippen LogP contribution >= 0.6 is 11.6 Å². The van der Waals surface area contributed by atoms with Crippen LogP contribution < -0.4 is 10.1 Å². The Bertz CT molecular complexity index is 415. The van der Waals surface area contributed by atoms with E-state index < -0.39 is 25.5 Å². The van der Waals surface area contributed by atoms with E-state index in [9.17, 15) is 13.2 Å². The Labute approximate surface area is 112 Å². The van der Waals surface area contributed by atoms with E-state index in [4.69, 9.17) is 21.8 Å². The first-order valence-electron chi connectivity index (χ1n) is 5.33. The van der Waals surface area contributed by atoms with Crippen molar-refractivity contribution in [3.8, 4) is 5.75 Å². The topological polar surface area (TPSA) is 61.7 Å². The van der Waals surface area contributed by atoms with Crippen molar-refractivity contribution in [2.24, 2.45) is 0 Å². The molecule has 0 spiro atoms. The maximum atomic E-state index is 12.0. The molecule has 0 saturated heterocycles. The van der Waals surface area contributed by atoms with Crippen molar-refractivity contribution in [1.82, 2.24) is 0 Å². The Kier molecular flexibility index (Phi) is 5.71. The molecule has 0 aliphatic carbocycles. The number of halogens is 4. The van der Waals surface area contributed by atoms with E-state index in [2.05, 4.69) is 10.1 Å². The van der Waals surface area contributed by atoms with Crippen molar-refractivity contribution in [3.63, 3.8) is 0 Å². The molecule has 4 nitrogen and oxygen atoms in total. The lowest BCUT2D eigenvalue weighted by molar-refractivity contribution is -0.153. The SMILES string of the molecule is OCC(O)CNc1ccc(OCC(F)(F)F)c(Cl)c1. The largest absolute Gasteiger partial charge is 0.483 e. The Morgan fingerprint density at radius 2 is 2.05 bits per heavy atom. The Morgan fingerprint density at radius 3 is 2.58 bits per heavy atom. The fourth-order valence-corrected chi connectivity index (χ4v) is 1.42. The number of hydrogen-bond donors (Lipinski definition) is 3. The third-order valence-electron chi connectivity index (χ3n) is 2.08. The van der Waals surface area contributed by atoms with Gasteiger partial charge in [-0.05, 0) is 18.2 Å². The van der Waals surface area contributed by atoms with Gasteiger partial charge >= 0.3 is 6.18 Å². The molecule has 0 aromatic heterocycles. The van der Waals surface area contributed by atoms with Crippen molar-refractivity contribution in [2.45, 2.75) is 12.3 Å². The Hall–Kier alpha value is -1.18. The number of nitrogens with one attached hydrogen (secondary N) is 1. The van der Waals surface area contributed by atoms with Gasteiger partial charge in [0.1, 0.15) is 5.75 Å². The van der Waals surface area contributed by atoms with E-state index in [1.165, 1.54) is 18.2 Å². The average Bonchev–Trinajstić information content (AvgIpc) is 2.33.